The number of H-pyrrole nitrogens is 1. The number of benzene rings is 1. The van der Waals surface area contributed by atoms with Gasteiger partial charge >= 0.3 is 6.18 Å². The molecular weight excluding hydrogens is 286 g/mol. The maximum Gasteiger partial charge on any atom is 0.419 e. The van der Waals surface area contributed by atoms with E-state index in [1.54, 1.807) is 0 Å². The van der Waals surface area contributed by atoms with E-state index >= 15 is 0 Å². The number of nitrogens with one attached hydrogen (secondary N) is 1. The van der Waals surface area contributed by atoms with Gasteiger partial charge in [-0.1, -0.05) is 12.8 Å². The molecule has 1 heterocycles. The van der Waals surface area contributed by atoms with Gasteiger partial charge in [-0.25, -0.2) is 9.37 Å². The highest BCUT2D eigenvalue weighted by Gasteiger charge is 2.34. The summed E-state index contributed by atoms with van der Waals surface area (Å²) in [5.41, 5.74) is -1.14. The second kappa shape index (κ2) is 5.13. The van der Waals surface area contributed by atoms with Crippen LogP contribution >= 0.6 is 0 Å². The number of hydrogen-bond acceptors (Lipinski definition) is 2. The van der Waals surface area contributed by atoms with Gasteiger partial charge in [-0.2, -0.15) is 18.3 Å². The summed E-state index contributed by atoms with van der Waals surface area (Å²) in [4.78, 5) is 4.26. The summed E-state index contributed by atoms with van der Waals surface area (Å²) < 4.78 is 51.4. The number of halogens is 4. The predicted octanol–water partition coefficient (Wildman–Crippen LogP) is 4.29. The Morgan fingerprint density at radius 1 is 1.14 bits per heavy atom. The lowest BCUT2D eigenvalue weighted by Gasteiger charge is -2.08. The number of aromatic nitrogens is 3. The molecule has 0 atom stereocenters. The molecule has 3 nitrogen and oxygen atoms in total. The topological polar surface area (TPSA) is 41.6 Å². The fourth-order valence-electron chi connectivity index (χ4n) is 2.67. The average molecular weight is 299 g/mol. The van der Waals surface area contributed by atoms with Crippen molar-refractivity contribution in [2.45, 2.75) is 37.8 Å². The summed E-state index contributed by atoms with van der Waals surface area (Å²) in [5, 5.41) is 6.74. The van der Waals surface area contributed by atoms with Gasteiger partial charge in [-0.3, -0.25) is 5.10 Å². The van der Waals surface area contributed by atoms with E-state index in [2.05, 4.69) is 15.2 Å². The summed E-state index contributed by atoms with van der Waals surface area (Å²) in [6.07, 6.45) is -0.479. The molecule has 1 aliphatic rings. The van der Waals surface area contributed by atoms with Crippen molar-refractivity contribution >= 4 is 0 Å². The van der Waals surface area contributed by atoms with Crippen LogP contribution in [0.15, 0.2) is 18.2 Å². The molecule has 3 rings (SSSR count). The van der Waals surface area contributed by atoms with Gasteiger partial charge in [0, 0.05) is 11.5 Å². The zero-order valence-electron chi connectivity index (χ0n) is 11.0. The SMILES string of the molecule is Fc1ccc(-c2n[nH]c(C3CCCC3)n2)cc1C(F)(F)F. The van der Waals surface area contributed by atoms with Gasteiger partial charge in [-0.15, -0.1) is 0 Å². The number of nitrogens with zero attached hydrogens (tertiary/aromatic N) is 2. The van der Waals surface area contributed by atoms with E-state index in [1.807, 2.05) is 0 Å². The Labute approximate surface area is 118 Å². The van der Waals surface area contributed by atoms with Crippen molar-refractivity contribution < 1.29 is 17.6 Å². The predicted molar refractivity (Wildman–Crippen MR) is 68.0 cm³/mol. The number of hydrogen-bond donors (Lipinski definition) is 1. The lowest BCUT2D eigenvalue weighted by Crippen LogP contribution is -2.08. The molecule has 0 unspecified atom stereocenters. The molecule has 1 N–H and O–H groups in total. The Morgan fingerprint density at radius 2 is 1.86 bits per heavy atom. The first-order valence-electron chi connectivity index (χ1n) is 6.74. The Bertz CT molecular complexity index is 642. The van der Waals surface area contributed by atoms with E-state index in [-0.39, 0.29) is 17.3 Å². The highest BCUT2D eigenvalue weighted by atomic mass is 19.4. The molecule has 0 saturated heterocycles. The Hall–Kier alpha value is -1.92. The molecule has 0 bridgehead atoms. The quantitative estimate of drug-likeness (QED) is 0.841. The second-order valence-electron chi connectivity index (χ2n) is 5.22. The normalized spacial score (nSPS) is 16.6. The Morgan fingerprint density at radius 3 is 2.52 bits per heavy atom. The fourth-order valence-corrected chi connectivity index (χ4v) is 2.67. The van der Waals surface area contributed by atoms with E-state index in [9.17, 15) is 17.6 Å². The summed E-state index contributed by atoms with van der Waals surface area (Å²) in [6, 6.07) is 2.80. The van der Waals surface area contributed by atoms with Crippen LogP contribution in [0.4, 0.5) is 17.6 Å². The smallest absolute Gasteiger partial charge is 0.262 e. The van der Waals surface area contributed by atoms with Gasteiger partial charge in [0.05, 0.1) is 5.56 Å². The van der Waals surface area contributed by atoms with Crippen LogP contribution in [-0.4, -0.2) is 15.2 Å². The van der Waals surface area contributed by atoms with Crippen LogP contribution in [0.25, 0.3) is 11.4 Å². The third-order valence-electron chi connectivity index (χ3n) is 3.77. The molecule has 0 spiro atoms. The maximum absolute atomic E-state index is 13.3. The summed E-state index contributed by atoms with van der Waals surface area (Å²) >= 11 is 0. The summed E-state index contributed by atoms with van der Waals surface area (Å²) in [6.45, 7) is 0. The van der Waals surface area contributed by atoms with Gasteiger partial charge in [0.1, 0.15) is 11.6 Å². The van der Waals surface area contributed by atoms with E-state index < -0.39 is 17.6 Å². The van der Waals surface area contributed by atoms with Crippen LogP contribution in [0.1, 0.15) is 43.0 Å². The summed E-state index contributed by atoms with van der Waals surface area (Å²) in [5.74, 6) is -0.144. The van der Waals surface area contributed by atoms with E-state index in [1.165, 1.54) is 6.07 Å². The molecule has 0 aliphatic heterocycles. The summed E-state index contributed by atoms with van der Waals surface area (Å²) in [7, 11) is 0. The monoisotopic (exact) mass is 299 g/mol. The van der Waals surface area contributed by atoms with Crippen LogP contribution in [0.3, 0.4) is 0 Å². The molecule has 1 fully saturated rings. The van der Waals surface area contributed by atoms with Gasteiger partial charge in [-0.05, 0) is 31.0 Å². The van der Waals surface area contributed by atoms with Gasteiger partial charge in [0.25, 0.3) is 0 Å². The largest absolute Gasteiger partial charge is 0.419 e. The molecule has 0 radical (unpaired) electrons. The molecular formula is C14H13F4N3. The standard InChI is InChI=1S/C14H13F4N3/c15-11-6-5-9(7-10(11)14(16,17)18)13-19-12(20-21-13)8-3-1-2-4-8/h5-8H,1-4H2,(H,19,20,21). The maximum atomic E-state index is 13.3. The number of aromatic amines is 1. The molecule has 21 heavy (non-hydrogen) atoms. The van der Waals surface area contributed by atoms with Gasteiger partial charge in [0.2, 0.25) is 0 Å². The van der Waals surface area contributed by atoms with Crippen molar-refractivity contribution in [2.24, 2.45) is 0 Å². The first kappa shape index (κ1) is 14.0. The van der Waals surface area contributed by atoms with Crippen molar-refractivity contribution in [1.82, 2.24) is 15.2 Å². The van der Waals surface area contributed by atoms with Crippen LogP contribution in [0, 0.1) is 5.82 Å². The number of rotatable bonds is 2. The minimum atomic E-state index is -4.73. The zero-order chi connectivity index (χ0) is 15.0. The van der Waals surface area contributed by atoms with E-state index in [0.717, 1.165) is 37.8 Å². The zero-order valence-corrected chi connectivity index (χ0v) is 11.0. The lowest BCUT2D eigenvalue weighted by molar-refractivity contribution is -0.139. The van der Waals surface area contributed by atoms with Crippen molar-refractivity contribution in [3.8, 4) is 11.4 Å². The van der Waals surface area contributed by atoms with E-state index in [0.29, 0.717) is 5.82 Å². The second-order valence-corrected chi connectivity index (χ2v) is 5.22. The number of alkyl halides is 3. The minimum Gasteiger partial charge on any atom is -0.262 e. The first-order valence-corrected chi connectivity index (χ1v) is 6.74. The van der Waals surface area contributed by atoms with Crippen molar-refractivity contribution in [3.05, 3.63) is 35.4 Å². The molecule has 2 aromatic rings. The van der Waals surface area contributed by atoms with Crippen molar-refractivity contribution in [3.63, 3.8) is 0 Å². The third kappa shape index (κ3) is 2.77. The van der Waals surface area contributed by atoms with Crippen molar-refractivity contribution in [1.29, 1.82) is 0 Å². The molecule has 1 saturated carbocycles. The molecule has 1 aromatic heterocycles. The molecule has 1 aromatic carbocycles. The first-order chi connectivity index (χ1) is 9.95. The third-order valence-corrected chi connectivity index (χ3v) is 3.77. The van der Waals surface area contributed by atoms with Crippen LogP contribution < -0.4 is 0 Å². The van der Waals surface area contributed by atoms with Gasteiger partial charge < -0.3 is 0 Å². The molecule has 1 aliphatic carbocycles. The molecule has 7 heteroatoms. The van der Waals surface area contributed by atoms with Crippen molar-refractivity contribution in [2.75, 3.05) is 0 Å². The fraction of sp³-hybridized carbons (Fsp3) is 0.429. The minimum absolute atomic E-state index is 0.157. The molecule has 112 valence electrons. The Balaban J connectivity index is 1.93. The Kier molecular flexibility index (Phi) is 3.43. The van der Waals surface area contributed by atoms with Crippen LogP contribution in [0.5, 0.6) is 0 Å². The highest BCUT2D eigenvalue weighted by Crippen LogP contribution is 2.35. The van der Waals surface area contributed by atoms with Crippen LogP contribution in [0.2, 0.25) is 0 Å². The van der Waals surface area contributed by atoms with Crippen LogP contribution in [-0.2, 0) is 6.18 Å². The van der Waals surface area contributed by atoms with Gasteiger partial charge in [0.15, 0.2) is 5.82 Å². The highest BCUT2D eigenvalue weighted by molar-refractivity contribution is 5.56. The molecule has 0 amide bonds. The lowest BCUT2D eigenvalue weighted by atomic mass is 10.1. The van der Waals surface area contributed by atoms with E-state index in [4.69, 9.17) is 0 Å². The average Bonchev–Trinajstić information content (AvgIpc) is 3.09.